The number of nitro groups is 1. The summed E-state index contributed by atoms with van der Waals surface area (Å²) in [7, 11) is 0. The van der Waals surface area contributed by atoms with Gasteiger partial charge < -0.3 is 15.4 Å². The molecule has 0 unspecified atom stereocenters. The maximum Gasteiger partial charge on any atom is 0.490 e. The van der Waals surface area contributed by atoms with Crippen molar-refractivity contribution in [1.29, 1.82) is 0 Å². The minimum absolute atomic E-state index is 0.184. The van der Waals surface area contributed by atoms with E-state index >= 15 is 0 Å². The fraction of sp³-hybridized carbons (Fsp3) is 0.0625. The van der Waals surface area contributed by atoms with Gasteiger partial charge in [0.25, 0.3) is 0 Å². The van der Waals surface area contributed by atoms with E-state index < -0.39 is 10.9 Å². The molecule has 1 amide bonds. The second kappa shape index (κ2) is 7.75. The summed E-state index contributed by atoms with van der Waals surface area (Å²) in [6.07, 6.45) is 1.13. The van der Waals surface area contributed by atoms with Crippen molar-refractivity contribution in [3.63, 3.8) is 0 Å². The van der Waals surface area contributed by atoms with Crippen molar-refractivity contribution in [2.45, 2.75) is 6.54 Å². The largest absolute Gasteiger partial charge is 0.490 e. The van der Waals surface area contributed by atoms with Crippen LogP contribution >= 0.6 is 0 Å². The lowest BCUT2D eigenvalue weighted by molar-refractivity contribution is -0.394. The molecule has 1 heterocycles. The van der Waals surface area contributed by atoms with Gasteiger partial charge in [-0.2, -0.15) is 14.9 Å². The van der Waals surface area contributed by atoms with Crippen LogP contribution in [0.15, 0.2) is 71.2 Å². The highest BCUT2D eigenvalue weighted by Gasteiger charge is 2.15. The summed E-state index contributed by atoms with van der Waals surface area (Å²) in [5.41, 5.74) is 1.94. The van der Waals surface area contributed by atoms with Crippen molar-refractivity contribution < 1.29 is 9.72 Å². The SMILES string of the molecule is O=C(Cn1cnc([N+](=O)[O-])n1)Nc1ccc(N=Nc2ccccc2)cc1. The van der Waals surface area contributed by atoms with Crippen molar-refractivity contribution in [2.75, 3.05) is 5.32 Å². The first-order chi connectivity index (χ1) is 12.6. The van der Waals surface area contributed by atoms with Crippen LogP contribution in [0.3, 0.4) is 0 Å². The normalized spacial score (nSPS) is 10.8. The zero-order chi connectivity index (χ0) is 18.4. The Hall–Kier alpha value is -3.95. The van der Waals surface area contributed by atoms with Gasteiger partial charge in [-0.05, 0) is 41.3 Å². The predicted molar refractivity (Wildman–Crippen MR) is 92.4 cm³/mol. The van der Waals surface area contributed by atoms with E-state index in [9.17, 15) is 14.9 Å². The molecule has 3 rings (SSSR count). The molecule has 130 valence electrons. The number of benzene rings is 2. The Bertz CT molecular complexity index is 936. The van der Waals surface area contributed by atoms with Crippen LogP contribution in [0.25, 0.3) is 0 Å². The van der Waals surface area contributed by atoms with Crippen LogP contribution in [0, 0.1) is 10.1 Å². The molecule has 10 nitrogen and oxygen atoms in total. The van der Waals surface area contributed by atoms with Crippen molar-refractivity contribution >= 4 is 28.9 Å². The Morgan fingerprint density at radius 2 is 1.73 bits per heavy atom. The van der Waals surface area contributed by atoms with Crippen LogP contribution in [0.1, 0.15) is 0 Å². The molecule has 0 fully saturated rings. The standard InChI is InChI=1S/C16H13N7O3/c24-15(10-22-11-17-16(21-22)23(25)26)18-12-6-8-14(9-7-12)20-19-13-4-2-1-3-5-13/h1-9,11H,10H2,(H,18,24). The molecular weight excluding hydrogens is 338 g/mol. The molecule has 0 aliphatic heterocycles. The lowest BCUT2D eigenvalue weighted by Gasteiger charge is -2.03. The average Bonchev–Trinajstić information content (AvgIpc) is 3.11. The zero-order valence-corrected chi connectivity index (χ0v) is 13.4. The first kappa shape index (κ1) is 16.9. The van der Waals surface area contributed by atoms with Gasteiger partial charge in [-0.1, -0.05) is 23.2 Å². The number of rotatable bonds is 6. The van der Waals surface area contributed by atoms with E-state index in [1.54, 1.807) is 24.3 Å². The van der Waals surface area contributed by atoms with Gasteiger partial charge in [0.1, 0.15) is 6.54 Å². The lowest BCUT2D eigenvalue weighted by atomic mass is 10.3. The maximum atomic E-state index is 11.9. The van der Waals surface area contributed by atoms with Gasteiger partial charge in [0.05, 0.1) is 11.4 Å². The molecule has 10 heteroatoms. The summed E-state index contributed by atoms with van der Waals surface area (Å²) < 4.78 is 1.09. The molecule has 0 saturated heterocycles. The molecule has 0 saturated carbocycles. The monoisotopic (exact) mass is 351 g/mol. The molecule has 0 spiro atoms. The van der Waals surface area contributed by atoms with Gasteiger partial charge >= 0.3 is 5.95 Å². The van der Waals surface area contributed by atoms with Crippen LogP contribution in [0.5, 0.6) is 0 Å². The Labute approximate surface area is 147 Å². The summed E-state index contributed by atoms with van der Waals surface area (Å²) in [5, 5.41) is 25.0. The molecular formula is C16H13N7O3. The number of hydrogen-bond acceptors (Lipinski definition) is 7. The second-order valence-electron chi connectivity index (χ2n) is 5.13. The number of azo groups is 1. The van der Waals surface area contributed by atoms with E-state index in [-0.39, 0.29) is 12.5 Å². The van der Waals surface area contributed by atoms with Gasteiger partial charge in [-0.3, -0.25) is 4.79 Å². The average molecular weight is 351 g/mol. The topological polar surface area (TPSA) is 128 Å². The molecule has 0 aliphatic carbocycles. The summed E-state index contributed by atoms with van der Waals surface area (Å²) in [5.74, 6) is -0.936. The van der Waals surface area contributed by atoms with Gasteiger partial charge in [-0.15, -0.1) is 0 Å². The fourth-order valence-corrected chi connectivity index (χ4v) is 2.01. The third-order valence-corrected chi connectivity index (χ3v) is 3.18. The summed E-state index contributed by atoms with van der Waals surface area (Å²) in [6.45, 7) is -0.184. The molecule has 0 aliphatic rings. The zero-order valence-electron chi connectivity index (χ0n) is 13.4. The summed E-state index contributed by atoms with van der Waals surface area (Å²) in [4.78, 5) is 25.2. The van der Waals surface area contributed by atoms with E-state index in [1.807, 2.05) is 30.3 Å². The second-order valence-corrected chi connectivity index (χ2v) is 5.13. The van der Waals surface area contributed by atoms with Gasteiger partial charge in [0.15, 0.2) is 0 Å². The van der Waals surface area contributed by atoms with Crippen LogP contribution in [-0.4, -0.2) is 25.6 Å². The number of aromatic nitrogens is 3. The van der Waals surface area contributed by atoms with Crippen molar-refractivity contribution in [3.8, 4) is 0 Å². The molecule has 2 aromatic carbocycles. The van der Waals surface area contributed by atoms with Crippen molar-refractivity contribution in [2.24, 2.45) is 10.2 Å². The Morgan fingerprint density at radius 3 is 2.35 bits per heavy atom. The first-order valence-corrected chi connectivity index (χ1v) is 7.51. The molecule has 0 bridgehead atoms. The van der Waals surface area contributed by atoms with E-state index in [0.29, 0.717) is 11.4 Å². The molecule has 0 radical (unpaired) electrons. The number of carbonyl (C=O) groups is 1. The number of nitrogens with zero attached hydrogens (tertiary/aromatic N) is 6. The number of anilines is 1. The minimum atomic E-state index is -0.725. The van der Waals surface area contributed by atoms with E-state index in [1.165, 1.54) is 0 Å². The van der Waals surface area contributed by atoms with Crippen molar-refractivity contribution in [1.82, 2.24) is 14.8 Å². The molecule has 26 heavy (non-hydrogen) atoms. The molecule has 1 aromatic heterocycles. The highest BCUT2D eigenvalue weighted by Crippen LogP contribution is 2.20. The Balaban J connectivity index is 1.57. The lowest BCUT2D eigenvalue weighted by Crippen LogP contribution is -2.19. The van der Waals surface area contributed by atoms with Crippen LogP contribution in [0.4, 0.5) is 23.0 Å². The molecule has 3 aromatic rings. The van der Waals surface area contributed by atoms with Crippen LogP contribution < -0.4 is 5.32 Å². The molecule has 0 atom stereocenters. The maximum absolute atomic E-state index is 11.9. The predicted octanol–water partition coefficient (Wildman–Crippen LogP) is 3.24. The third kappa shape index (κ3) is 4.54. The van der Waals surface area contributed by atoms with Gasteiger partial charge in [-0.25, -0.2) is 0 Å². The quantitative estimate of drug-likeness (QED) is 0.414. The summed E-state index contributed by atoms with van der Waals surface area (Å²) >= 11 is 0. The van der Waals surface area contributed by atoms with E-state index in [0.717, 1.165) is 16.7 Å². The number of amides is 1. The Morgan fingerprint density at radius 1 is 1.08 bits per heavy atom. The van der Waals surface area contributed by atoms with Crippen LogP contribution in [-0.2, 0) is 11.3 Å². The van der Waals surface area contributed by atoms with Gasteiger partial charge in [0, 0.05) is 10.8 Å². The van der Waals surface area contributed by atoms with Crippen molar-refractivity contribution in [3.05, 3.63) is 71.0 Å². The van der Waals surface area contributed by atoms with E-state index in [4.69, 9.17) is 0 Å². The number of nitrogens with one attached hydrogen (secondary N) is 1. The van der Waals surface area contributed by atoms with Crippen LogP contribution in [0.2, 0.25) is 0 Å². The minimum Gasteiger partial charge on any atom is -0.390 e. The highest BCUT2D eigenvalue weighted by atomic mass is 16.6. The fourth-order valence-electron chi connectivity index (χ4n) is 2.01. The molecule has 1 N–H and O–H groups in total. The summed E-state index contributed by atoms with van der Waals surface area (Å²) in [6, 6.07) is 16.1. The van der Waals surface area contributed by atoms with E-state index in [2.05, 4.69) is 25.6 Å². The number of hydrogen-bond donors (Lipinski definition) is 1. The third-order valence-electron chi connectivity index (χ3n) is 3.18. The first-order valence-electron chi connectivity index (χ1n) is 7.51. The Kier molecular flexibility index (Phi) is 5.03. The number of carbonyl (C=O) groups excluding carboxylic acids is 1. The smallest absolute Gasteiger partial charge is 0.390 e. The van der Waals surface area contributed by atoms with Gasteiger partial charge in [0.2, 0.25) is 12.2 Å². The highest BCUT2D eigenvalue weighted by molar-refractivity contribution is 5.90.